The first-order valence-electron chi connectivity index (χ1n) is 10.4. The Morgan fingerprint density at radius 1 is 0.970 bits per heavy atom. The van der Waals surface area contributed by atoms with Crippen LogP contribution in [0.25, 0.3) is 17.0 Å². The smallest absolute Gasteiger partial charge is 0.254 e. The number of carbonyl (C=O) groups is 1. The van der Waals surface area contributed by atoms with Crippen molar-refractivity contribution in [1.82, 2.24) is 24.5 Å². The van der Waals surface area contributed by atoms with Crippen LogP contribution in [-0.4, -0.2) is 56.6 Å². The van der Waals surface area contributed by atoms with Crippen molar-refractivity contribution in [2.75, 3.05) is 31.1 Å². The second kappa shape index (κ2) is 8.96. The fraction of sp³-hybridized carbons (Fsp3) is 0.217. The van der Waals surface area contributed by atoms with Crippen LogP contribution in [0.4, 0.5) is 10.3 Å². The zero-order chi connectivity index (χ0) is 22.9. The highest BCUT2D eigenvalue weighted by Gasteiger charge is 2.24. The Balaban J connectivity index is 1.30. The minimum atomic E-state index is -0.309. The predicted octanol–water partition coefficient (Wildman–Crippen LogP) is 4.13. The maximum atomic E-state index is 13.1. The lowest BCUT2D eigenvalue weighted by atomic mass is 10.1. The molecule has 3 heterocycles. The fourth-order valence-corrected chi connectivity index (χ4v) is 4.13. The van der Waals surface area contributed by atoms with Crippen LogP contribution in [0.5, 0.6) is 0 Å². The average Bonchev–Trinajstić information content (AvgIpc) is 3.27. The zero-order valence-electron chi connectivity index (χ0n) is 17.5. The van der Waals surface area contributed by atoms with Crippen molar-refractivity contribution in [2.24, 2.45) is 0 Å². The maximum absolute atomic E-state index is 13.1. The third-order valence-corrected chi connectivity index (χ3v) is 6.37. The first-order chi connectivity index (χ1) is 16.0. The molecule has 5 rings (SSSR count). The highest BCUT2D eigenvalue weighted by Crippen LogP contribution is 2.28. The zero-order valence-corrected chi connectivity index (χ0v) is 19.0. The van der Waals surface area contributed by atoms with E-state index >= 15 is 0 Å². The molecule has 2 aromatic heterocycles. The van der Waals surface area contributed by atoms with E-state index in [9.17, 15) is 9.18 Å². The van der Waals surface area contributed by atoms with Crippen molar-refractivity contribution in [2.45, 2.75) is 6.42 Å². The molecule has 0 spiro atoms. The first kappa shape index (κ1) is 21.6. The molecule has 2 aromatic carbocycles. The van der Waals surface area contributed by atoms with Gasteiger partial charge in [-0.15, -0.1) is 5.10 Å². The topological polar surface area (TPSA) is 66.6 Å². The number of fused-ring (bicyclic) bond motifs is 1. The van der Waals surface area contributed by atoms with Crippen LogP contribution in [0.1, 0.15) is 5.56 Å². The molecular formula is C23H19Cl2FN6O. The van der Waals surface area contributed by atoms with Gasteiger partial charge >= 0.3 is 0 Å². The second-order valence-electron chi connectivity index (χ2n) is 7.75. The molecule has 0 saturated carbocycles. The fourth-order valence-electron chi connectivity index (χ4n) is 3.84. The summed E-state index contributed by atoms with van der Waals surface area (Å²) >= 11 is 12.2. The van der Waals surface area contributed by atoms with Gasteiger partial charge < -0.3 is 9.80 Å². The number of benzene rings is 2. The summed E-state index contributed by atoms with van der Waals surface area (Å²) in [5.74, 6) is 0.744. The molecule has 0 unspecified atom stereocenters. The van der Waals surface area contributed by atoms with E-state index in [0.717, 1.165) is 16.8 Å². The molecule has 1 aliphatic heterocycles. The molecule has 1 amide bonds. The summed E-state index contributed by atoms with van der Waals surface area (Å²) < 4.78 is 14.8. The quantitative estimate of drug-likeness (QED) is 0.435. The van der Waals surface area contributed by atoms with Crippen molar-refractivity contribution in [3.05, 3.63) is 76.2 Å². The molecule has 33 heavy (non-hydrogen) atoms. The minimum Gasteiger partial charge on any atom is -0.339 e. The van der Waals surface area contributed by atoms with E-state index in [0.29, 0.717) is 48.0 Å². The number of halogens is 3. The summed E-state index contributed by atoms with van der Waals surface area (Å²) in [6.07, 6.45) is 1.93. The van der Waals surface area contributed by atoms with Gasteiger partial charge in [0, 0.05) is 37.9 Å². The Hall–Kier alpha value is -3.23. The number of amides is 1. The molecule has 0 aliphatic carbocycles. The average molecular weight is 485 g/mol. The lowest BCUT2D eigenvalue weighted by Gasteiger charge is -2.34. The highest BCUT2D eigenvalue weighted by molar-refractivity contribution is 6.42. The normalized spacial score (nSPS) is 14.2. The lowest BCUT2D eigenvalue weighted by molar-refractivity contribution is -0.130. The lowest BCUT2D eigenvalue weighted by Crippen LogP contribution is -2.49. The molecule has 0 atom stereocenters. The molecular weight excluding hydrogens is 466 g/mol. The summed E-state index contributed by atoms with van der Waals surface area (Å²) in [5, 5.41) is 5.61. The summed E-state index contributed by atoms with van der Waals surface area (Å²) in [5.41, 5.74) is 2.45. The van der Waals surface area contributed by atoms with Crippen LogP contribution in [-0.2, 0) is 11.2 Å². The predicted molar refractivity (Wildman–Crippen MR) is 125 cm³/mol. The Labute approximate surface area is 199 Å². The molecule has 0 N–H and O–H groups in total. The molecule has 168 valence electrons. The van der Waals surface area contributed by atoms with Crippen LogP contribution in [0.2, 0.25) is 10.0 Å². The van der Waals surface area contributed by atoms with E-state index in [2.05, 4.69) is 15.1 Å². The highest BCUT2D eigenvalue weighted by atomic mass is 35.5. The third kappa shape index (κ3) is 4.49. The Bertz CT molecular complexity index is 1320. The van der Waals surface area contributed by atoms with Crippen LogP contribution < -0.4 is 4.90 Å². The van der Waals surface area contributed by atoms with Gasteiger partial charge in [0.25, 0.3) is 5.78 Å². The molecule has 1 aliphatic rings. The largest absolute Gasteiger partial charge is 0.339 e. The standard InChI is InChI=1S/C23H19Cl2FN6O/c24-18-6-3-16(14-19(18)25)20-7-8-27-22-28-23(29-32(20)22)31-11-9-30(10-12-31)21(33)13-15-1-4-17(26)5-2-15/h1-8,14H,9-13H2. The maximum Gasteiger partial charge on any atom is 0.254 e. The van der Waals surface area contributed by atoms with Gasteiger partial charge in [-0.2, -0.15) is 9.50 Å². The number of anilines is 1. The second-order valence-corrected chi connectivity index (χ2v) is 8.57. The monoisotopic (exact) mass is 484 g/mol. The summed E-state index contributed by atoms with van der Waals surface area (Å²) in [7, 11) is 0. The van der Waals surface area contributed by atoms with Crippen LogP contribution in [0, 0.1) is 5.82 Å². The number of hydrogen-bond acceptors (Lipinski definition) is 5. The van der Waals surface area contributed by atoms with Crippen LogP contribution in [0.15, 0.2) is 54.7 Å². The number of piperazine rings is 1. The van der Waals surface area contributed by atoms with Crippen molar-refractivity contribution in [1.29, 1.82) is 0 Å². The number of nitrogens with zero attached hydrogens (tertiary/aromatic N) is 6. The van der Waals surface area contributed by atoms with Gasteiger partial charge in [0.05, 0.1) is 22.2 Å². The Morgan fingerprint density at radius 2 is 1.73 bits per heavy atom. The van der Waals surface area contributed by atoms with E-state index in [1.54, 1.807) is 35.0 Å². The summed E-state index contributed by atoms with van der Waals surface area (Å²) in [6, 6.07) is 13.3. The molecule has 7 nitrogen and oxygen atoms in total. The molecule has 4 aromatic rings. The number of hydrogen-bond donors (Lipinski definition) is 0. The van der Waals surface area contributed by atoms with Crippen LogP contribution in [0.3, 0.4) is 0 Å². The van der Waals surface area contributed by atoms with Gasteiger partial charge in [-0.05, 0) is 35.9 Å². The van der Waals surface area contributed by atoms with Gasteiger partial charge in [0.2, 0.25) is 11.9 Å². The molecule has 0 bridgehead atoms. The third-order valence-electron chi connectivity index (χ3n) is 5.63. The molecule has 10 heteroatoms. The summed E-state index contributed by atoms with van der Waals surface area (Å²) in [6.45, 7) is 2.33. The molecule has 1 saturated heterocycles. The van der Waals surface area contributed by atoms with E-state index in [1.807, 2.05) is 21.9 Å². The summed E-state index contributed by atoms with van der Waals surface area (Å²) in [4.78, 5) is 25.4. The van der Waals surface area contributed by atoms with Gasteiger partial charge in [-0.25, -0.2) is 9.37 Å². The van der Waals surface area contributed by atoms with E-state index in [-0.39, 0.29) is 18.1 Å². The van der Waals surface area contributed by atoms with E-state index in [4.69, 9.17) is 23.2 Å². The Kier molecular flexibility index (Phi) is 5.86. The van der Waals surface area contributed by atoms with Crippen molar-refractivity contribution < 1.29 is 9.18 Å². The molecule has 1 fully saturated rings. The number of aromatic nitrogens is 4. The minimum absolute atomic E-state index is 0.0211. The van der Waals surface area contributed by atoms with Crippen molar-refractivity contribution in [3.63, 3.8) is 0 Å². The van der Waals surface area contributed by atoms with Crippen molar-refractivity contribution in [3.8, 4) is 11.3 Å². The number of carbonyl (C=O) groups excluding carboxylic acids is 1. The van der Waals surface area contributed by atoms with E-state index < -0.39 is 0 Å². The first-order valence-corrected chi connectivity index (χ1v) is 11.2. The molecule has 0 radical (unpaired) electrons. The number of rotatable bonds is 4. The van der Waals surface area contributed by atoms with Gasteiger partial charge in [0.15, 0.2) is 0 Å². The van der Waals surface area contributed by atoms with Gasteiger partial charge in [-0.3, -0.25) is 4.79 Å². The van der Waals surface area contributed by atoms with Crippen molar-refractivity contribution >= 4 is 40.8 Å². The Morgan fingerprint density at radius 3 is 2.45 bits per heavy atom. The van der Waals surface area contributed by atoms with Gasteiger partial charge in [0.1, 0.15) is 5.82 Å². The van der Waals surface area contributed by atoms with Gasteiger partial charge in [-0.1, -0.05) is 41.4 Å². The van der Waals surface area contributed by atoms with Crippen LogP contribution >= 0.6 is 23.2 Å². The van der Waals surface area contributed by atoms with E-state index in [1.165, 1.54) is 12.1 Å². The SMILES string of the molecule is O=C(Cc1ccc(F)cc1)N1CCN(c2nc3nccc(-c4ccc(Cl)c(Cl)c4)n3n2)CC1.